The van der Waals surface area contributed by atoms with Crippen molar-refractivity contribution in [2.75, 3.05) is 0 Å². The summed E-state index contributed by atoms with van der Waals surface area (Å²) in [6.45, 7) is 2.32. The standard InChI is InChI=1S/C36H28/c1-2-22-20-33-28(29-19-18-24-17-16-23-9-5-13-30(29)35(23)24)12-7-15-31(33)36(22)32-14-6-11-27-26-10-4-3-8-25(26)21-34(27)32/h3-15,18-20,36H,2,16-17,21H2,1H3. The minimum Gasteiger partial charge on any atom is -0.0619 e. The first-order chi connectivity index (χ1) is 17.8. The molecule has 3 aliphatic carbocycles. The summed E-state index contributed by atoms with van der Waals surface area (Å²) in [4.78, 5) is 0. The average molecular weight is 461 g/mol. The fourth-order valence-electron chi connectivity index (χ4n) is 7.31. The molecular formula is C36H28. The highest BCUT2D eigenvalue weighted by molar-refractivity contribution is 6.03. The first-order valence-corrected chi connectivity index (χ1v) is 13.4. The monoisotopic (exact) mass is 460 g/mol. The number of hydrogen-bond donors (Lipinski definition) is 0. The molecule has 1 unspecified atom stereocenters. The number of aryl methyl sites for hydroxylation is 2. The van der Waals surface area contributed by atoms with Crippen LogP contribution >= 0.6 is 0 Å². The molecule has 0 saturated heterocycles. The van der Waals surface area contributed by atoms with Gasteiger partial charge in [-0.1, -0.05) is 110 Å². The first kappa shape index (κ1) is 20.3. The van der Waals surface area contributed by atoms with Gasteiger partial charge in [0.2, 0.25) is 0 Å². The van der Waals surface area contributed by atoms with Crippen molar-refractivity contribution in [3.8, 4) is 22.3 Å². The van der Waals surface area contributed by atoms with Crippen LogP contribution in [0.25, 0.3) is 39.1 Å². The van der Waals surface area contributed by atoms with Crippen molar-refractivity contribution in [3.63, 3.8) is 0 Å². The summed E-state index contributed by atoms with van der Waals surface area (Å²) in [5.74, 6) is 0.339. The van der Waals surface area contributed by atoms with Crippen molar-refractivity contribution < 1.29 is 0 Å². The second kappa shape index (κ2) is 7.55. The van der Waals surface area contributed by atoms with Crippen molar-refractivity contribution in [2.45, 2.75) is 38.5 Å². The van der Waals surface area contributed by atoms with Gasteiger partial charge in [0.15, 0.2) is 0 Å². The van der Waals surface area contributed by atoms with Crippen LogP contribution in [0.4, 0.5) is 0 Å². The van der Waals surface area contributed by atoms with E-state index in [1.165, 1.54) is 90.4 Å². The van der Waals surface area contributed by atoms with Crippen molar-refractivity contribution in [2.24, 2.45) is 0 Å². The number of hydrogen-bond acceptors (Lipinski definition) is 0. The summed E-state index contributed by atoms with van der Waals surface area (Å²) in [6, 6.07) is 34.6. The molecule has 0 bridgehead atoms. The van der Waals surface area contributed by atoms with Crippen LogP contribution in [-0.4, -0.2) is 0 Å². The van der Waals surface area contributed by atoms with Crippen LogP contribution < -0.4 is 0 Å². The normalized spacial score (nSPS) is 16.7. The van der Waals surface area contributed by atoms with E-state index < -0.39 is 0 Å². The van der Waals surface area contributed by atoms with Crippen molar-refractivity contribution in [1.29, 1.82) is 0 Å². The lowest BCUT2D eigenvalue weighted by Crippen LogP contribution is -2.05. The molecule has 0 radical (unpaired) electrons. The second-order valence-corrected chi connectivity index (χ2v) is 10.6. The molecule has 0 N–H and O–H groups in total. The van der Waals surface area contributed by atoms with Gasteiger partial charge in [0.05, 0.1) is 0 Å². The molecule has 36 heavy (non-hydrogen) atoms. The topological polar surface area (TPSA) is 0 Å². The van der Waals surface area contributed by atoms with E-state index in [0.717, 1.165) is 12.8 Å². The molecular weight excluding hydrogens is 432 g/mol. The van der Waals surface area contributed by atoms with E-state index in [1.54, 1.807) is 0 Å². The Labute approximate surface area is 212 Å². The molecule has 0 spiro atoms. The van der Waals surface area contributed by atoms with Crippen molar-refractivity contribution in [3.05, 3.63) is 136 Å². The van der Waals surface area contributed by atoms with E-state index in [2.05, 4.69) is 104 Å². The average Bonchev–Trinajstić information content (AvgIpc) is 3.63. The zero-order valence-corrected chi connectivity index (χ0v) is 20.6. The lowest BCUT2D eigenvalue weighted by atomic mass is 9.82. The molecule has 5 aromatic rings. The van der Waals surface area contributed by atoms with E-state index >= 15 is 0 Å². The van der Waals surface area contributed by atoms with Crippen LogP contribution in [0.1, 0.15) is 58.2 Å². The summed E-state index contributed by atoms with van der Waals surface area (Å²) < 4.78 is 0. The molecule has 3 aliphatic rings. The van der Waals surface area contributed by atoms with E-state index in [-0.39, 0.29) is 0 Å². The maximum absolute atomic E-state index is 2.51. The van der Waals surface area contributed by atoms with Crippen LogP contribution in [0.5, 0.6) is 0 Å². The Hall–Kier alpha value is -3.90. The third-order valence-corrected chi connectivity index (χ3v) is 8.92. The predicted molar refractivity (Wildman–Crippen MR) is 152 cm³/mol. The van der Waals surface area contributed by atoms with Gasteiger partial charge in [-0.25, -0.2) is 0 Å². The predicted octanol–water partition coefficient (Wildman–Crippen LogP) is 9.12. The number of benzene rings is 5. The SMILES string of the molecule is CCC1=Cc2c(-c3ccc4c5c(cccc35)CC4)cccc2C1c1cccc2c1Cc1ccccc1-2. The molecule has 1 atom stereocenters. The Bertz CT molecular complexity index is 1740. The van der Waals surface area contributed by atoms with E-state index in [0.29, 0.717) is 5.92 Å². The van der Waals surface area contributed by atoms with Crippen LogP contribution in [-0.2, 0) is 19.3 Å². The minimum atomic E-state index is 0.339. The summed E-state index contributed by atoms with van der Waals surface area (Å²) >= 11 is 0. The Morgan fingerprint density at radius 2 is 1.33 bits per heavy atom. The smallest absolute Gasteiger partial charge is 0.0311 e. The Morgan fingerprint density at radius 1 is 0.611 bits per heavy atom. The fraction of sp³-hybridized carbons (Fsp3) is 0.167. The van der Waals surface area contributed by atoms with E-state index in [9.17, 15) is 0 Å². The maximum atomic E-state index is 2.51. The Kier molecular flexibility index (Phi) is 4.26. The largest absolute Gasteiger partial charge is 0.0619 e. The molecule has 172 valence electrons. The van der Waals surface area contributed by atoms with Crippen molar-refractivity contribution >= 4 is 16.8 Å². The third-order valence-electron chi connectivity index (χ3n) is 8.92. The molecule has 0 nitrogen and oxygen atoms in total. The van der Waals surface area contributed by atoms with Gasteiger partial charge in [-0.15, -0.1) is 0 Å². The molecule has 0 saturated carbocycles. The third kappa shape index (κ3) is 2.70. The van der Waals surface area contributed by atoms with E-state index in [1.807, 2.05) is 0 Å². The number of allylic oxidation sites excluding steroid dienone is 1. The summed E-state index contributed by atoms with van der Waals surface area (Å²) in [5.41, 5.74) is 17.5. The highest BCUT2D eigenvalue weighted by atomic mass is 14.4. The molecule has 8 rings (SSSR count). The molecule has 0 amide bonds. The lowest BCUT2D eigenvalue weighted by molar-refractivity contribution is 0.895. The maximum Gasteiger partial charge on any atom is 0.0311 e. The quantitative estimate of drug-likeness (QED) is 0.247. The summed E-state index contributed by atoms with van der Waals surface area (Å²) in [6.07, 6.45) is 6.97. The van der Waals surface area contributed by atoms with Crippen LogP contribution in [0.2, 0.25) is 0 Å². The van der Waals surface area contributed by atoms with Gasteiger partial charge in [-0.05, 0) is 97.7 Å². The number of rotatable bonds is 3. The van der Waals surface area contributed by atoms with Gasteiger partial charge in [0, 0.05) is 5.92 Å². The van der Waals surface area contributed by atoms with Gasteiger partial charge < -0.3 is 0 Å². The number of fused-ring (bicyclic) bond motifs is 4. The minimum absolute atomic E-state index is 0.339. The molecule has 5 aromatic carbocycles. The Balaban J connectivity index is 1.33. The fourth-order valence-corrected chi connectivity index (χ4v) is 7.31. The highest BCUT2D eigenvalue weighted by Gasteiger charge is 2.32. The molecule has 0 aromatic heterocycles. The van der Waals surface area contributed by atoms with E-state index in [4.69, 9.17) is 0 Å². The lowest BCUT2D eigenvalue weighted by Gasteiger charge is -2.21. The van der Waals surface area contributed by atoms with Gasteiger partial charge in [-0.2, -0.15) is 0 Å². The molecule has 0 heterocycles. The van der Waals surface area contributed by atoms with Gasteiger partial charge in [0.25, 0.3) is 0 Å². The van der Waals surface area contributed by atoms with Gasteiger partial charge >= 0.3 is 0 Å². The molecule has 0 heteroatoms. The van der Waals surface area contributed by atoms with Crippen LogP contribution in [0.15, 0.2) is 96.6 Å². The summed E-state index contributed by atoms with van der Waals surface area (Å²) in [5, 5.41) is 2.92. The highest BCUT2D eigenvalue weighted by Crippen LogP contribution is 2.50. The summed E-state index contributed by atoms with van der Waals surface area (Å²) in [7, 11) is 0. The van der Waals surface area contributed by atoms with Crippen LogP contribution in [0.3, 0.4) is 0 Å². The second-order valence-electron chi connectivity index (χ2n) is 10.6. The molecule has 0 aliphatic heterocycles. The van der Waals surface area contributed by atoms with Crippen LogP contribution in [0, 0.1) is 0 Å². The molecule has 0 fully saturated rings. The zero-order chi connectivity index (χ0) is 23.8. The van der Waals surface area contributed by atoms with Gasteiger partial charge in [-0.3, -0.25) is 0 Å². The zero-order valence-electron chi connectivity index (χ0n) is 20.6. The van der Waals surface area contributed by atoms with Gasteiger partial charge in [0.1, 0.15) is 0 Å². The Morgan fingerprint density at radius 3 is 2.22 bits per heavy atom. The first-order valence-electron chi connectivity index (χ1n) is 13.4. The van der Waals surface area contributed by atoms with Crippen molar-refractivity contribution in [1.82, 2.24) is 0 Å².